The van der Waals surface area contributed by atoms with Gasteiger partial charge < -0.3 is 0 Å². The first-order valence-electron chi connectivity index (χ1n) is 5.72. The van der Waals surface area contributed by atoms with Crippen molar-refractivity contribution in [3.8, 4) is 0 Å². The smallest absolute Gasteiger partial charge is 0.0409 e. The van der Waals surface area contributed by atoms with E-state index < -0.39 is 0 Å². The molecule has 0 aromatic carbocycles. The van der Waals surface area contributed by atoms with E-state index >= 15 is 0 Å². The zero-order chi connectivity index (χ0) is 8.97. The van der Waals surface area contributed by atoms with Gasteiger partial charge in [0.2, 0.25) is 0 Å². The SMILES string of the molecule is CCCC(C)CCC1CC(C)C1. The van der Waals surface area contributed by atoms with Gasteiger partial charge in [-0.15, -0.1) is 0 Å². The lowest BCUT2D eigenvalue weighted by molar-refractivity contribution is 0.187. The molecule has 0 amide bonds. The highest BCUT2D eigenvalue weighted by atomic mass is 14.3. The molecule has 0 aromatic rings. The van der Waals surface area contributed by atoms with Gasteiger partial charge in [-0.1, -0.05) is 46.5 Å². The first-order chi connectivity index (χ1) is 5.72. The molecule has 72 valence electrons. The molecule has 0 heterocycles. The molecule has 1 aliphatic rings. The zero-order valence-corrected chi connectivity index (χ0v) is 8.97. The Kier molecular flexibility index (Phi) is 4.11. The van der Waals surface area contributed by atoms with Crippen molar-refractivity contribution in [2.24, 2.45) is 17.8 Å². The van der Waals surface area contributed by atoms with E-state index in [0.29, 0.717) is 0 Å². The van der Waals surface area contributed by atoms with Gasteiger partial charge >= 0.3 is 0 Å². The Bertz CT molecular complexity index is 106. The van der Waals surface area contributed by atoms with Crippen LogP contribution in [0.1, 0.15) is 59.3 Å². The molecular weight excluding hydrogens is 144 g/mol. The Hall–Kier alpha value is 0. The molecule has 1 aliphatic carbocycles. The molecule has 0 bridgehead atoms. The summed E-state index contributed by atoms with van der Waals surface area (Å²) < 4.78 is 0. The minimum absolute atomic E-state index is 0.978. The maximum Gasteiger partial charge on any atom is -0.0409 e. The topological polar surface area (TPSA) is 0 Å². The molecular formula is C12H24. The predicted octanol–water partition coefficient (Wildman–Crippen LogP) is 4.25. The molecule has 1 saturated carbocycles. The molecule has 12 heavy (non-hydrogen) atoms. The fraction of sp³-hybridized carbons (Fsp3) is 1.00. The van der Waals surface area contributed by atoms with Crippen molar-refractivity contribution in [3.63, 3.8) is 0 Å². The summed E-state index contributed by atoms with van der Waals surface area (Å²) in [6.45, 7) is 7.08. The Labute approximate surface area is 77.7 Å². The lowest BCUT2D eigenvalue weighted by atomic mass is 9.73. The van der Waals surface area contributed by atoms with Gasteiger partial charge in [-0.3, -0.25) is 0 Å². The number of hydrogen-bond acceptors (Lipinski definition) is 0. The normalized spacial score (nSPS) is 31.2. The van der Waals surface area contributed by atoms with Crippen molar-refractivity contribution in [2.75, 3.05) is 0 Å². The zero-order valence-electron chi connectivity index (χ0n) is 8.97. The summed E-state index contributed by atoms with van der Waals surface area (Å²) in [7, 11) is 0. The van der Waals surface area contributed by atoms with Gasteiger partial charge in [0.25, 0.3) is 0 Å². The molecule has 1 fully saturated rings. The van der Waals surface area contributed by atoms with Crippen LogP contribution in [0.3, 0.4) is 0 Å². The van der Waals surface area contributed by atoms with Crippen molar-refractivity contribution in [1.82, 2.24) is 0 Å². The molecule has 1 atom stereocenters. The molecule has 1 rings (SSSR count). The summed E-state index contributed by atoms with van der Waals surface area (Å²) >= 11 is 0. The summed E-state index contributed by atoms with van der Waals surface area (Å²) in [6.07, 6.45) is 8.80. The van der Waals surface area contributed by atoms with Crippen LogP contribution in [0.25, 0.3) is 0 Å². The summed E-state index contributed by atoms with van der Waals surface area (Å²) in [6, 6.07) is 0. The van der Waals surface area contributed by atoms with Crippen molar-refractivity contribution >= 4 is 0 Å². The molecule has 1 unspecified atom stereocenters. The van der Waals surface area contributed by atoms with E-state index in [1.807, 2.05) is 0 Å². The van der Waals surface area contributed by atoms with Crippen molar-refractivity contribution in [2.45, 2.75) is 59.3 Å². The van der Waals surface area contributed by atoms with Gasteiger partial charge in [0.15, 0.2) is 0 Å². The van der Waals surface area contributed by atoms with Crippen molar-refractivity contribution in [3.05, 3.63) is 0 Å². The Balaban J connectivity index is 1.95. The van der Waals surface area contributed by atoms with Crippen LogP contribution in [0.5, 0.6) is 0 Å². The van der Waals surface area contributed by atoms with Gasteiger partial charge in [0.1, 0.15) is 0 Å². The van der Waals surface area contributed by atoms with Crippen LogP contribution in [0, 0.1) is 17.8 Å². The van der Waals surface area contributed by atoms with Crippen LogP contribution < -0.4 is 0 Å². The molecule has 0 N–H and O–H groups in total. The second-order valence-corrected chi connectivity index (χ2v) is 4.91. The minimum Gasteiger partial charge on any atom is -0.0654 e. The fourth-order valence-corrected chi connectivity index (χ4v) is 2.46. The molecule has 0 aliphatic heterocycles. The third-order valence-corrected chi connectivity index (χ3v) is 3.32. The van der Waals surface area contributed by atoms with Gasteiger partial charge in [-0.05, 0) is 30.6 Å². The average Bonchev–Trinajstić information content (AvgIpc) is 1.96. The quantitative estimate of drug-likeness (QED) is 0.575. The summed E-state index contributed by atoms with van der Waals surface area (Å²) in [5.74, 6) is 3.11. The fourth-order valence-electron chi connectivity index (χ4n) is 2.46. The standard InChI is InChI=1S/C12H24/c1-4-5-10(2)6-7-12-8-11(3)9-12/h10-12H,4-9H2,1-3H3. The van der Waals surface area contributed by atoms with Crippen LogP contribution >= 0.6 is 0 Å². The van der Waals surface area contributed by atoms with Crippen molar-refractivity contribution in [1.29, 1.82) is 0 Å². The Morgan fingerprint density at radius 3 is 2.42 bits per heavy atom. The van der Waals surface area contributed by atoms with E-state index in [4.69, 9.17) is 0 Å². The second kappa shape index (κ2) is 4.89. The van der Waals surface area contributed by atoms with E-state index in [0.717, 1.165) is 17.8 Å². The average molecular weight is 168 g/mol. The third kappa shape index (κ3) is 3.16. The van der Waals surface area contributed by atoms with E-state index in [9.17, 15) is 0 Å². The van der Waals surface area contributed by atoms with Crippen LogP contribution in [0.2, 0.25) is 0 Å². The van der Waals surface area contributed by atoms with E-state index in [1.54, 1.807) is 0 Å². The first-order valence-corrected chi connectivity index (χ1v) is 5.72. The molecule has 0 saturated heterocycles. The third-order valence-electron chi connectivity index (χ3n) is 3.32. The van der Waals surface area contributed by atoms with E-state index in [1.165, 1.54) is 38.5 Å². The second-order valence-electron chi connectivity index (χ2n) is 4.91. The predicted molar refractivity (Wildman–Crippen MR) is 55.2 cm³/mol. The Morgan fingerprint density at radius 1 is 1.25 bits per heavy atom. The molecule has 0 nitrogen and oxygen atoms in total. The minimum atomic E-state index is 0.978. The van der Waals surface area contributed by atoms with Gasteiger partial charge in [0.05, 0.1) is 0 Å². The first kappa shape index (κ1) is 10.1. The van der Waals surface area contributed by atoms with Crippen LogP contribution in [0.15, 0.2) is 0 Å². The van der Waals surface area contributed by atoms with Gasteiger partial charge in [-0.25, -0.2) is 0 Å². The highest BCUT2D eigenvalue weighted by Gasteiger charge is 2.24. The Morgan fingerprint density at radius 2 is 1.92 bits per heavy atom. The molecule has 0 aromatic heterocycles. The lowest BCUT2D eigenvalue weighted by Crippen LogP contribution is -2.21. The van der Waals surface area contributed by atoms with E-state index in [2.05, 4.69) is 20.8 Å². The van der Waals surface area contributed by atoms with Crippen LogP contribution in [-0.2, 0) is 0 Å². The van der Waals surface area contributed by atoms with Gasteiger partial charge in [-0.2, -0.15) is 0 Å². The lowest BCUT2D eigenvalue weighted by Gasteiger charge is -2.33. The largest absolute Gasteiger partial charge is 0.0654 e. The maximum atomic E-state index is 2.41. The van der Waals surface area contributed by atoms with E-state index in [-0.39, 0.29) is 0 Å². The molecule has 0 heteroatoms. The van der Waals surface area contributed by atoms with Crippen molar-refractivity contribution < 1.29 is 0 Å². The summed E-state index contributed by atoms with van der Waals surface area (Å²) in [5.41, 5.74) is 0. The van der Waals surface area contributed by atoms with Gasteiger partial charge in [0, 0.05) is 0 Å². The summed E-state index contributed by atoms with van der Waals surface area (Å²) in [5, 5.41) is 0. The highest BCUT2D eigenvalue weighted by molar-refractivity contribution is 4.76. The maximum absolute atomic E-state index is 2.41. The molecule has 0 radical (unpaired) electrons. The summed E-state index contributed by atoms with van der Waals surface area (Å²) in [4.78, 5) is 0. The molecule has 0 spiro atoms. The highest BCUT2D eigenvalue weighted by Crippen LogP contribution is 2.37. The number of rotatable bonds is 5. The van der Waals surface area contributed by atoms with Crippen LogP contribution in [0.4, 0.5) is 0 Å². The monoisotopic (exact) mass is 168 g/mol. The van der Waals surface area contributed by atoms with Crippen LogP contribution in [-0.4, -0.2) is 0 Å². The number of hydrogen-bond donors (Lipinski definition) is 0.